The number of hydrogen-bond acceptors (Lipinski definition) is 3. The lowest BCUT2D eigenvalue weighted by molar-refractivity contribution is 0.384. The highest BCUT2D eigenvalue weighted by molar-refractivity contribution is 7.89. The van der Waals surface area contributed by atoms with Gasteiger partial charge in [0.2, 0.25) is 10.0 Å². The van der Waals surface area contributed by atoms with Crippen molar-refractivity contribution < 1.29 is 8.42 Å². The topological polar surface area (TPSA) is 40.6 Å². The van der Waals surface area contributed by atoms with E-state index in [1.54, 1.807) is 28.6 Å². The first kappa shape index (κ1) is 18.2. The van der Waals surface area contributed by atoms with Crippen molar-refractivity contribution in [3.05, 3.63) is 58.6 Å². The summed E-state index contributed by atoms with van der Waals surface area (Å²) in [6, 6.07) is 12.7. The molecule has 1 aliphatic rings. The zero-order valence-electron chi connectivity index (χ0n) is 14.6. The summed E-state index contributed by atoms with van der Waals surface area (Å²) < 4.78 is 27.2. The highest BCUT2D eigenvalue weighted by Gasteiger charge is 2.29. The second-order valence-electron chi connectivity index (χ2n) is 6.28. The third-order valence-electron chi connectivity index (χ3n) is 4.71. The second kappa shape index (κ2) is 7.36. The van der Waals surface area contributed by atoms with Gasteiger partial charge in [-0.25, -0.2) is 8.42 Å². The molecule has 2 aromatic rings. The van der Waals surface area contributed by atoms with E-state index in [4.69, 9.17) is 11.6 Å². The van der Waals surface area contributed by atoms with Gasteiger partial charge in [0.1, 0.15) is 0 Å². The molecule has 134 valence electrons. The zero-order chi connectivity index (χ0) is 18.0. The van der Waals surface area contributed by atoms with Gasteiger partial charge >= 0.3 is 0 Å². The quantitative estimate of drug-likeness (QED) is 0.814. The molecule has 0 aromatic heterocycles. The number of sulfonamides is 1. The van der Waals surface area contributed by atoms with E-state index in [-0.39, 0.29) is 0 Å². The fraction of sp³-hybridized carbons (Fsp3) is 0.368. The molecule has 3 rings (SSSR count). The fourth-order valence-electron chi connectivity index (χ4n) is 3.37. The monoisotopic (exact) mass is 378 g/mol. The van der Waals surface area contributed by atoms with E-state index in [1.807, 2.05) is 0 Å². The first-order valence-corrected chi connectivity index (χ1v) is 10.3. The molecule has 1 aliphatic heterocycles. The van der Waals surface area contributed by atoms with Crippen molar-refractivity contribution in [2.45, 2.75) is 25.2 Å². The van der Waals surface area contributed by atoms with Gasteiger partial charge in [0.25, 0.3) is 0 Å². The minimum atomic E-state index is -3.46. The van der Waals surface area contributed by atoms with E-state index in [2.05, 4.69) is 36.9 Å². The summed E-state index contributed by atoms with van der Waals surface area (Å²) in [5.41, 5.74) is 3.82. The van der Waals surface area contributed by atoms with Crippen molar-refractivity contribution in [2.24, 2.45) is 0 Å². The van der Waals surface area contributed by atoms with Gasteiger partial charge in [0, 0.05) is 36.9 Å². The van der Waals surface area contributed by atoms with Crippen LogP contribution in [-0.2, 0) is 16.4 Å². The van der Waals surface area contributed by atoms with Crippen LogP contribution in [-0.4, -0.2) is 38.9 Å². The summed E-state index contributed by atoms with van der Waals surface area (Å²) in [6.45, 7) is 6.64. The van der Waals surface area contributed by atoms with Crippen LogP contribution in [0, 0.1) is 6.92 Å². The van der Waals surface area contributed by atoms with Crippen LogP contribution < -0.4 is 4.90 Å². The molecule has 4 nitrogen and oxygen atoms in total. The van der Waals surface area contributed by atoms with Crippen LogP contribution in [0.3, 0.4) is 0 Å². The number of piperazine rings is 1. The smallest absolute Gasteiger partial charge is 0.243 e. The summed E-state index contributed by atoms with van der Waals surface area (Å²) in [7, 11) is -3.46. The van der Waals surface area contributed by atoms with Crippen LogP contribution in [0.2, 0.25) is 5.02 Å². The van der Waals surface area contributed by atoms with Crippen molar-refractivity contribution in [3.63, 3.8) is 0 Å². The summed E-state index contributed by atoms with van der Waals surface area (Å²) in [6.07, 6.45) is 0.973. The molecule has 0 aliphatic carbocycles. The van der Waals surface area contributed by atoms with Gasteiger partial charge in [-0.3, -0.25) is 0 Å². The summed E-state index contributed by atoms with van der Waals surface area (Å²) >= 11 is 5.86. The number of nitrogens with zero attached hydrogens (tertiary/aromatic N) is 2. The molecule has 0 bridgehead atoms. The molecule has 1 heterocycles. The Kier molecular flexibility index (Phi) is 5.37. The van der Waals surface area contributed by atoms with Gasteiger partial charge in [-0.15, -0.1) is 0 Å². The maximum atomic E-state index is 12.8. The molecular formula is C19H23ClN2O2S. The highest BCUT2D eigenvalue weighted by atomic mass is 35.5. The molecule has 0 N–H and O–H groups in total. The molecule has 0 atom stereocenters. The predicted octanol–water partition coefficient (Wildman–Crippen LogP) is 3.72. The number of hydrogen-bond donors (Lipinski definition) is 0. The van der Waals surface area contributed by atoms with Gasteiger partial charge < -0.3 is 4.90 Å². The lowest BCUT2D eigenvalue weighted by atomic mass is 10.0. The predicted molar refractivity (Wildman–Crippen MR) is 103 cm³/mol. The van der Waals surface area contributed by atoms with E-state index in [0.717, 1.165) is 6.42 Å². The molecule has 1 fully saturated rings. The molecule has 0 radical (unpaired) electrons. The molecular weight excluding hydrogens is 356 g/mol. The summed E-state index contributed by atoms with van der Waals surface area (Å²) in [5.74, 6) is 0. The third kappa shape index (κ3) is 3.68. The van der Waals surface area contributed by atoms with Crippen molar-refractivity contribution in [1.82, 2.24) is 4.31 Å². The molecule has 0 spiro atoms. The Morgan fingerprint density at radius 1 is 1.00 bits per heavy atom. The largest absolute Gasteiger partial charge is 0.368 e. The highest BCUT2D eigenvalue weighted by Crippen LogP contribution is 2.28. The van der Waals surface area contributed by atoms with Crippen molar-refractivity contribution in [2.75, 3.05) is 31.1 Å². The Bertz CT molecular complexity index is 842. The third-order valence-corrected chi connectivity index (χ3v) is 6.87. The minimum Gasteiger partial charge on any atom is -0.368 e. The maximum absolute atomic E-state index is 12.8. The second-order valence-corrected chi connectivity index (χ2v) is 8.66. The average Bonchev–Trinajstić information content (AvgIpc) is 2.62. The Morgan fingerprint density at radius 2 is 1.64 bits per heavy atom. The molecule has 0 unspecified atom stereocenters. The summed E-state index contributed by atoms with van der Waals surface area (Å²) in [5, 5.41) is 0.537. The van der Waals surface area contributed by atoms with Crippen molar-refractivity contribution >= 4 is 27.3 Å². The summed E-state index contributed by atoms with van der Waals surface area (Å²) in [4.78, 5) is 2.61. The normalized spacial score (nSPS) is 16.2. The molecule has 1 saturated heterocycles. The van der Waals surface area contributed by atoms with E-state index in [9.17, 15) is 8.42 Å². The van der Waals surface area contributed by atoms with Gasteiger partial charge in [0.05, 0.1) is 4.90 Å². The maximum Gasteiger partial charge on any atom is 0.243 e. The number of benzene rings is 2. The van der Waals surface area contributed by atoms with E-state index in [1.165, 1.54) is 16.8 Å². The van der Waals surface area contributed by atoms with Crippen LogP contribution in [0.1, 0.15) is 18.1 Å². The number of para-hydroxylation sites is 1. The van der Waals surface area contributed by atoms with Crippen molar-refractivity contribution in [1.29, 1.82) is 0 Å². The van der Waals surface area contributed by atoms with Gasteiger partial charge in [-0.1, -0.05) is 36.7 Å². The van der Waals surface area contributed by atoms with Gasteiger partial charge in [0.15, 0.2) is 0 Å². The standard InChI is InChI=1S/C19H23ClN2O2S/c1-3-16-6-4-5-15(2)19(16)21-11-13-22(14-12-21)25(23,24)18-9-7-17(20)8-10-18/h4-10H,3,11-14H2,1-2H3. The Morgan fingerprint density at radius 3 is 2.24 bits per heavy atom. The number of halogens is 1. The first-order chi connectivity index (χ1) is 11.9. The van der Waals surface area contributed by atoms with Crippen molar-refractivity contribution in [3.8, 4) is 0 Å². The molecule has 2 aromatic carbocycles. The molecule has 0 amide bonds. The zero-order valence-corrected chi connectivity index (χ0v) is 16.1. The molecule has 0 saturated carbocycles. The van der Waals surface area contributed by atoms with E-state index < -0.39 is 10.0 Å². The van der Waals surface area contributed by atoms with Crippen LogP contribution in [0.4, 0.5) is 5.69 Å². The van der Waals surface area contributed by atoms with Crippen LogP contribution >= 0.6 is 11.6 Å². The average molecular weight is 379 g/mol. The molecule has 6 heteroatoms. The van der Waals surface area contributed by atoms with Crippen LogP contribution in [0.15, 0.2) is 47.4 Å². The Labute approximate surface area is 155 Å². The SMILES string of the molecule is CCc1cccc(C)c1N1CCN(S(=O)(=O)c2ccc(Cl)cc2)CC1. The molecule has 25 heavy (non-hydrogen) atoms. The van der Waals surface area contributed by atoms with Gasteiger partial charge in [-0.05, 0) is 48.7 Å². The lowest BCUT2D eigenvalue weighted by Crippen LogP contribution is -2.49. The minimum absolute atomic E-state index is 0.301. The lowest BCUT2D eigenvalue weighted by Gasteiger charge is -2.37. The van der Waals surface area contributed by atoms with Gasteiger partial charge in [-0.2, -0.15) is 4.31 Å². The Hall–Kier alpha value is -1.56. The Balaban J connectivity index is 1.77. The van der Waals surface area contributed by atoms with Crippen LogP contribution in [0.5, 0.6) is 0 Å². The first-order valence-electron chi connectivity index (χ1n) is 8.52. The fourth-order valence-corrected chi connectivity index (χ4v) is 4.91. The van der Waals surface area contributed by atoms with E-state index >= 15 is 0 Å². The number of aryl methyl sites for hydroxylation is 2. The van der Waals surface area contributed by atoms with Crippen LogP contribution in [0.25, 0.3) is 0 Å². The number of anilines is 1. The number of rotatable bonds is 4. The van der Waals surface area contributed by atoms with E-state index in [0.29, 0.717) is 36.1 Å².